The van der Waals surface area contributed by atoms with Crippen LogP contribution in [0.3, 0.4) is 0 Å². The normalized spacial score (nSPS) is 15.7. The largest absolute Gasteiger partial charge is 0.473 e. The zero-order chi connectivity index (χ0) is 23.3. The van der Waals surface area contributed by atoms with E-state index in [0.29, 0.717) is 35.7 Å². The molecule has 33 heavy (non-hydrogen) atoms. The number of rotatable bonds is 7. The van der Waals surface area contributed by atoms with E-state index in [1.807, 2.05) is 30.3 Å². The minimum Gasteiger partial charge on any atom is -0.262 e. The maximum absolute atomic E-state index is 13.9. The van der Waals surface area contributed by atoms with Crippen molar-refractivity contribution in [1.82, 2.24) is 5.01 Å². The van der Waals surface area contributed by atoms with Gasteiger partial charge in [0.25, 0.3) is 0 Å². The van der Waals surface area contributed by atoms with Crippen molar-refractivity contribution in [3.8, 4) is 0 Å². The van der Waals surface area contributed by atoms with E-state index in [9.17, 15) is 18.0 Å². The number of thioether (sulfide) groups is 1. The molecule has 170 valence electrons. The van der Waals surface area contributed by atoms with Crippen LogP contribution in [0.2, 0.25) is 0 Å². The number of carbonyl (C=O) groups is 1. The Hall–Kier alpha value is -3.19. The van der Waals surface area contributed by atoms with Crippen LogP contribution >= 0.6 is 11.8 Å². The lowest BCUT2D eigenvalue weighted by molar-refractivity contribution is -0.183. The molecule has 0 bridgehead atoms. The third kappa shape index (κ3) is 5.42. The van der Waals surface area contributed by atoms with Crippen LogP contribution in [0, 0.1) is 5.92 Å². The van der Waals surface area contributed by atoms with Gasteiger partial charge < -0.3 is 0 Å². The highest BCUT2D eigenvalue weighted by atomic mass is 32.2. The van der Waals surface area contributed by atoms with E-state index in [1.54, 1.807) is 78.5 Å². The first kappa shape index (κ1) is 23.0. The summed E-state index contributed by atoms with van der Waals surface area (Å²) in [6, 6.07) is 27.1. The molecule has 0 N–H and O–H groups in total. The second-order valence-electron chi connectivity index (χ2n) is 7.62. The molecule has 1 amide bonds. The van der Waals surface area contributed by atoms with E-state index in [4.69, 9.17) is 0 Å². The van der Waals surface area contributed by atoms with Crippen molar-refractivity contribution in [2.45, 2.75) is 23.9 Å². The Kier molecular flexibility index (Phi) is 7.08. The Labute approximate surface area is 195 Å². The van der Waals surface area contributed by atoms with Crippen molar-refractivity contribution >= 4 is 29.0 Å². The number of para-hydroxylation sites is 2. The van der Waals surface area contributed by atoms with Crippen molar-refractivity contribution in [1.29, 1.82) is 0 Å². The molecule has 3 aromatic rings. The monoisotopic (exact) mass is 468 g/mol. The quantitative estimate of drug-likeness (QED) is 0.270. The van der Waals surface area contributed by atoms with E-state index in [2.05, 4.69) is 0 Å². The number of hydrazine groups is 1. The lowest BCUT2D eigenvalue weighted by Gasteiger charge is -2.39. The fraction of sp³-hybridized carbons (Fsp3) is 0.192. The molecule has 0 saturated carbocycles. The Morgan fingerprint density at radius 1 is 0.848 bits per heavy atom. The number of hydrogen-bond donors (Lipinski definition) is 0. The van der Waals surface area contributed by atoms with Crippen molar-refractivity contribution in [3.05, 3.63) is 103 Å². The molecule has 3 aromatic carbocycles. The molecule has 3 nitrogen and oxygen atoms in total. The van der Waals surface area contributed by atoms with Crippen LogP contribution in [-0.4, -0.2) is 22.8 Å². The zero-order valence-corrected chi connectivity index (χ0v) is 18.6. The van der Waals surface area contributed by atoms with Gasteiger partial charge in [-0.1, -0.05) is 60.7 Å². The van der Waals surface area contributed by atoms with E-state index in [0.717, 1.165) is 9.90 Å². The molecule has 0 radical (unpaired) electrons. The molecule has 1 aliphatic carbocycles. The summed E-state index contributed by atoms with van der Waals surface area (Å²) in [6.45, 7) is 0. The number of halogens is 3. The number of hydrogen-bond acceptors (Lipinski definition) is 3. The summed E-state index contributed by atoms with van der Waals surface area (Å²) < 4.78 is 41.6. The number of benzene rings is 3. The lowest BCUT2D eigenvalue weighted by atomic mass is 10.1. The highest BCUT2D eigenvalue weighted by molar-refractivity contribution is 7.99. The maximum Gasteiger partial charge on any atom is 0.473 e. The third-order valence-corrected chi connectivity index (χ3v) is 6.54. The Morgan fingerprint density at radius 2 is 1.36 bits per heavy atom. The fourth-order valence-corrected chi connectivity index (χ4v) is 4.93. The van der Waals surface area contributed by atoms with Gasteiger partial charge in [0.1, 0.15) is 0 Å². The number of anilines is 2. The van der Waals surface area contributed by atoms with Crippen molar-refractivity contribution in [3.63, 3.8) is 0 Å². The molecule has 0 spiro atoms. The van der Waals surface area contributed by atoms with Crippen LogP contribution in [0.25, 0.3) is 0 Å². The summed E-state index contributed by atoms with van der Waals surface area (Å²) in [6.07, 6.45) is -1.95. The van der Waals surface area contributed by atoms with Gasteiger partial charge in [0, 0.05) is 22.3 Å². The number of allylic oxidation sites excluding steroid dienone is 2. The summed E-state index contributed by atoms with van der Waals surface area (Å²) in [4.78, 5) is 13.9. The number of carbonyl (C=O) groups excluding carboxylic acids is 1. The van der Waals surface area contributed by atoms with Gasteiger partial charge in [-0.25, -0.2) is 10.0 Å². The van der Waals surface area contributed by atoms with Gasteiger partial charge in [-0.2, -0.15) is 13.2 Å². The molecule has 1 aliphatic rings. The first-order valence-corrected chi connectivity index (χ1v) is 11.6. The molecule has 0 saturated heterocycles. The van der Waals surface area contributed by atoms with E-state index in [1.165, 1.54) is 5.01 Å². The van der Waals surface area contributed by atoms with Crippen LogP contribution in [0.5, 0.6) is 0 Å². The first-order valence-electron chi connectivity index (χ1n) is 10.6. The average molecular weight is 469 g/mol. The van der Waals surface area contributed by atoms with Crippen LogP contribution in [-0.2, 0) is 4.79 Å². The third-order valence-electron chi connectivity index (χ3n) is 5.36. The van der Waals surface area contributed by atoms with E-state index < -0.39 is 12.1 Å². The molecule has 0 heterocycles. The molecule has 7 heteroatoms. The van der Waals surface area contributed by atoms with Crippen molar-refractivity contribution in [2.75, 3.05) is 10.8 Å². The molecule has 1 atom stereocenters. The van der Waals surface area contributed by atoms with Crippen LogP contribution in [0.1, 0.15) is 12.8 Å². The number of amides is 1. The van der Waals surface area contributed by atoms with Gasteiger partial charge >= 0.3 is 12.1 Å². The van der Waals surface area contributed by atoms with E-state index >= 15 is 0 Å². The van der Waals surface area contributed by atoms with Crippen LogP contribution in [0.4, 0.5) is 24.5 Å². The molecular formula is C26H23F3N2OS. The van der Waals surface area contributed by atoms with Crippen molar-refractivity contribution in [2.24, 2.45) is 5.92 Å². The molecule has 1 unspecified atom stereocenters. The summed E-state index contributed by atoms with van der Waals surface area (Å²) >= 11 is 1.58. The summed E-state index contributed by atoms with van der Waals surface area (Å²) in [5.41, 5.74) is 1.33. The number of nitrogens with zero attached hydrogens (tertiary/aromatic N) is 2. The topological polar surface area (TPSA) is 23.6 Å². The minimum absolute atomic E-state index is 0.198. The Bertz CT molecular complexity index is 1050. The molecule has 0 fully saturated rings. The average Bonchev–Trinajstić information content (AvgIpc) is 3.30. The maximum atomic E-state index is 13.9. The Balaban J connectivity index is 1.74. The lowest BCUT2D eigenvalue weighted by Crippen LogP contribution is -2.50. The van der Waals surface area contributed by atoms with E-state index in [-0.39, 0.29) is 5.92 Å². The summed E-state index contributed by atoms with van der Waals surface area (Å²) in [5.74, 6) is -1.52. The van der Waals surface area contributed by atoms with Gasteiger partial charge in [-0.3, -0.25) is 4.79 Å². The highest BCUT2D eigenvalue weighted by Crippen LogP contribution is 2.40. The minimum atomic E-state index is -5.03. The predicted octanol–water partition coefficient (Wildman–Crippen LogP) is 7.22. The molecular weight excluding hydrogens is 445 g/mol. The summed E-state index contributed by atoms with van der Waals surface area (Å²) in [7, 11) is 0. The first-order chi connectivity index (χ1) is 15.9. The van der Waals surface area contributed by atoms with Crippen LogP contribution < -0.4 is 5.01 Å². The highest BCUT2D eigenvalue weighted by Gasteiger charge is 2.48. The SMILES string of the molecule is O=C(N(C1=CCCC1CSc1ccccc1)N(c1ccccc1)c1ccccc1)C(F)(F)F. The van der Waals surface area contributed by atoms with Crippen molar-refractivity contribution < 1.29 is 18.0 Å². The van der Waals surface area contributed by atoms with Gasteiger partial charge in [-0.15, -0.1) is 11.8 Å². The van der Waals surface area contributed by atoms with Gasteiger partial charge in [0.2, 0.25) is 0 Å². The molecule has 4 rings (SSSR count). The fourth-order valence-electron chi connectivity index (χ4n) is 3.85. The van der Waals surface area contributed by atoms with Gasteiger partial charge in [0.05, 0.1) is 11.4 Å². The number of alkyl halides is 3. The smallest absolute Gasteiger partial charge is 0.262 e. The zero-order valence-electron chi connectivity index (χ0n) is 17.8. The second-order valence-corrected chi connectivity index (χ2v) is 8.72. The Morgan fingerprint density at radius 3 is 1.88 bits per heavy atom. The summed E-state index contributed by atoms with van der Waals surface area (Å²) in [5, 5.41) is 2.20. The standard InChI is InChI=1S/C26H23F3N2OS/c27-26(28,29)25(32)31(24-18-10-11-20(24)19-33-23-16-8-3-9-17-23)30(21-12-4-1-5-13-21)22-14-6-2-7-15-22/h1-9,12-18,20H,10-11,19H2. The second kappa shape index (κ2) is 10.2. The molecule has 0 aliphatic heterocycles. The van der Waals surface area contributed by atoms with Gasteiger partial charge in [0.15, 0.2) is 0 Å². The molecule has 0 aromatic heterocycles. The van der Waals surface area contributed by atoms with Gasteiger partial charge in [-0.05, 0) is 49.2 Å². The van der Waals surface area contributed by atoms with Crippen LogP contribution in [0.15, 0.2) is 108 Å². The predicted molar refractivity (Wildman–Crippen MR) is 126 cm³/mol.